The first-order valence-corrected chi connectivity index (χ1v) is 8.37. The van der Waals surface area contributed by atoms with Gasteiger partial charge in [0, 0.05) is 6.42 Å². The third kappa shape index (κ3) is 3.82. The summed E-state index contributed by atoms with van der Waals surface area (Å²) in [7, 11) is 0. The van der Waals surface area contributed by atoms with Crippen LogP contribution in [0.4, 0.5) is 0 Å². The van der Waals surface area contributed by atoms with Crippen LogP contribution in [0.1, 0.15) is 67.2 Å². The summed E-state index contributed by atoms with van der Waals surface area (Å²) in [6.45, 7) is 13.3. The molecular formula is C20H28O3. The van der Waals surface area contributed by atoms with Gasteiger partial charge < -0.3 is 4.74 Å². The Morgan fingerprint density at radius 2 is 1.74 bits per heavy atom. The van der Waals surface area contributed by atoms with Crippen LogP contribution < -0.4 is 0 Å². The van der Waals surface area contributed by atoms with Gasteiger partial charge in [-0.1, -0.05) is 57.9 Å². The molecule has 0 aromatic rings. The van der Waals surface area contributed by atoms with Crippen molar-refractivity contribution < 1.29 is 14.3 Å². The number of rotatable bonds is 4. The number of carbonyl (C=O) groups is 2. The van der Waals surface area contributed by atoms with E-state index >= 15 is 0 Å². The minimum atomic E-state index is -0.457. The highest BCUT2D eigenvalue weighted by atomic mass is 16.6. The molecular weight excluding hydrogens is 288 g/mol. The molecule has 0 aromatic carbocycles. The first-order chi connectivity index (χ1) is 10.5. The van der Waals surface area contributed by atoms with E-state index in [1.807, 2.05) is 0 Å². The van der Waals surface area contributed by atoms with E-state index in [9.17, 15) is 9.59 Å². The summed E-state index contributed by atoms with van der Waals surface area (Å²) < 4.78 is 4.72. The first kappa shape index (κ1) is 17.7. The SMILES string of the molecule is CC(=CCCC(C)(C)C1=CCC2=C(C1)C(=O)OC2=O)C(C)(C)C. The molecule has 126 valence electrons. The van der Waals surface area contributed by atoms with Crippen LogP contribution in [0.3, 0.4) is 0 Å². The molecule has 23 heavy (non-hydrogen) atoms. The monoisotopic (exact) mass is 316 g/mol. The van der Waals surface area contributed by atoms with Crippen LogP contribution in [0.2, 0.25) is 0 Å². The smallest absolute Gasteiger partial charge is 0.342 e. The molecule has 0 N–H and O–H groups in total. The zero-order valence-electron chi connectivity index (χ0n) is 15.2. The van der Waals surface area contributed by atoms with Gasteiger partial charge in [0.05, 0.1) is 11.1 Å². The molecule has 3 nitrogen and oxygen atoms in total. The van der Waals surface area contributed by atoms with Gasteiger partial charge in [-0.15, -0.1) is 0 Å². The van der Waals surface area contributed by atoms with Crippen molar-refractivity contribution in [3.63, 3.8) is 0 Å². The highest BCUT2D eigenvalue weighted by Gasteiger charge is 2.37. The van der Waals surface area contributed by atoms with E-state index in [2.05, 4.69) is 53.7 Å². The summed E-state index contributed by atoms with van der Waals surface area (Å²) >= 11 is 0. The van der Waals surface area contributed by atoms with Gasteiger partial charge in [-0.05, 0) is 37.0 Å². The average molecular weight is 316 g/mol. The van der Waals surface area contributed by atoms with Gasteiger partial charge in [-0.2, -0.15) is 0 Å². The second kappa shape index (κ2) is 6.10. The molecule has 1 heterocycles. The molecule has 0 fully saturated rings. The maximum Gasteiger partial charge on any atom is 0.342 e. The number of hydrogen-bond donors (Lipinski definition) is 0. The van der Waals surface area contributed by atoms with Gasteiger partial charge >= 0.3 is 11.9 Å². The Labute approximate surface area is 139 Å². The lowest BCUT2D eigenvalue weighted by Gasteiger charge is -2.30. The van der Waals surface area contributed by atoms with Crippen molar-refractivity contribution in [2.24, 2.45) is 10.8 Å². The minimum absolute atomic E-state index is 0.0130. The lowest BCUT2D eigenvalue weighted by atomic mass is 9.74. The van der Waals surface area contributed by atoms with E-state index in [-0.39, 0.29) is 10.8 Å². The Kier molecular flexibility index (Phi) is 4.70. The molecule has 0 saturated carbocycles. The highest BCUT2D eigenvalue weighted by molar-refractivity contribution is 6.13. The van der Waals surface area contributed by atoms with E-state index in [4.69, 9.17) is 4.74 Å². The maximum absolute atomic E-state index is 11.8. The van der Waals surface area contributed by atoms with Gasteiger partial charge in [0.25, 0.3) is 0 Å². The predicted octanol–water partition coefficient (Wildman–Crippen LogP) is 4.89. The summed E-state index contributed by atoms with van der Waals surface area (Å²) in [5.41, 5.74) is 3.99. The second-order valence-corrected chi connectivity index (χ2v) is 8.30. The number of allylic oxidation sites excluding steroid dienone is 4. The Bertz CT molecular complexity index is 622. The maximum atomic E-state index is 11.8. The molecule has 0 radical (unpaired) electrons. The molecule has 3 heteroatoms. The van der Waals surface area contributed by atoms with Crippen molar-refractivity contribution in [3.8, 4) is 0 Å². The van der Waals surface area contributed by atoms with Crippen LogP contribution in [0.25, 0.3) is 0 Å². The minimum Gasteiger partial charge on any atom is -0.386 e. The zero-order valence-corrected chi connectivity index (χ0v) is 15.2. The molecule has 0 aromatic heterocycles. The van der Waals surface area contributed by atoms with Crippen LogP contribution in [0.5, 0.6) is 0 Å². The molecule has 0 unspecified atom stereocenters. The van der Waals surface area contributed by atoms with E-state index < -0.39 is 11.9 Å². The molecule has 0 bridgehead atoms. The Morgan fingerprint density at radius 1 is 1.13 bits per heavy atom. The number of carbonyl (C=O) groups excluding carboxylic acids is 2. The molecule has 2 aliphatic rings. The van der Waals surface area contributed by atoms with Gasteiger partial charge in [0.1, 0.15) is 0 Å². The van der Waals surface area contributed by atoms with Crippen LogP contribution in [0, 0.1) is 10.8 Å². The first-order valence-electron chi connectivity index (χ1n) is 8.37. The summed E-state index contributed by atoms with van der Waals surface area (Å²) in [4.78, 5) is 23.3. The second-order valence-electron chi connectivity index (χ2n) is 8.30. The van der Waals surface area contributed by atoms with Gasteiger partial charge in [-0.3, -0.25) is 0 Å². The molecule has 0 atom stereocenters. The Balaban J connectivity index is 2.03. The zero-order chi connectivity index (χ0) is 17.4. The van der Waals surface area contributed by atoms with Crippen LogP contribution in [-0.2, 0) is 14.3 Å². The fourth-order valence-electron chi connectivity index (χ4n) is 2.96. The van der Waals surface area contributed by atoms with E-state index in [1.165, 1.54) is 11.1 Å². The summed E-state index contributed by atoms with van der Waals surface area (Å²) in [6, 6.07) is 0. The van der Waals surface area contributed by atoms with Gasteiger partial charge in [0.2, 0.25) is 0 Å². The van der Waals surface area contributed by atoms with E-state index in [0.29, 0.717) is 24.0 Å². The van der Waals surface area contributed by atoms with Crippen LogP contribution >= 0.6 is 0 Å². The predicted molar refractivity (Wildman–Crippen MR) is 91.7 cm³/mol. The lowest BCUT2D eigenvalue weighted by Crippen LogP contribution is -2.18. The third-order valence-corrected chi connectivity index (χ3v) is 5.23. The van der Waals surface area contributed by atoms with Crippen molar-refractivity contribution in [2.45, 2.75) is 67.2 Å². The molecule has 1 aliphatic heterocycles. The Morgan fingerprint density at radius 3 is 2.35 bits per heavy atom. The van der Waals surface area contributed by atoms with Crippen molar-refractivity contribution in [2.75, 3.05) is 0 Å². The van der Waals surface area contributed by atoms with Crippen molar-refractivity contribution in [1.82, 2.24) is 0 Å². The Hall–Kier alpha value is -1.64. The number of ether oxygens (including phenoxy) is 1. The third-order valence-electron chi connectivity index (χ3n) is 5.23. The molecule has 0 saturated heterocycles. The van der Waals surface area contributed by atoms with Gasteiger partial charge in [0.15, 0.2) is 0 Å². The topological polar surface area (TPSA) is 43.4 Å². The summed E-state index contributed by atoms with van der Waals surface area (Å²) in [6.07, 6.45) is 7.55. The van der Waals surface area contributed by atoms with Gasteiger partial charge in [-0.25, -0.2) is 9.59 Å². The summed E-state index contributed by atoms with van der Waals surface area (Å²) in [5, 5.41) is 0. The number of hydrogen-bond acceptors (Lipinski definition) is 3. The number of cyclic esters (lactones) is 2. The molecule has 0 amide bonds. The largest absolute Gasteiger partial charge is 0.386 e. The fraction of sp³-hybridized carbons (Fsp3) is 0.600. The number of esters is 2. The molecule has 1 aliphatic carbocycles. The van der Waals surface area contributed by atoms with Crippen molar-refractivity contribution in [1.29, 1.82) is 0 Å². The normalized spacial score (nSPS) is 19.7. The highest BCUT2D eigenvalue weighted by Crippen LogP contribution is 2.42. The van der Waals surface area contributed by atoms with E-state index in [1.54, 1.807) is 0 Å². The van der Waals surface area contributed by atoms with Crippen LogP contribution in [0.15, 0.2) is 34.4 Å². The van der Waals surface area contributed by atoms with Crippen molar-refractivity contribution >= 4 is 11.9 Å². The van der Waals surface area contributed by atoms with Crippen LogP contribution in [-0.4, -0.2) is 11.9 Å². The molecule has 0 spiro atoms. The quantitative estimate of drug-likeness (QED) is 0.421. The van der Waals surface area contributed by atoms with Crippen molar-refractivity contribution in [3.05, 3.63) is 34.4 Å². The standard InChI is InChI=1S/C20H28O3/c1-13(19(2,3)4)8-7-11-20(5,6)14-9-10-15-16(12-14)18(22)23-17(15)21/h8-9H,7,10-12H2,1-6H3. The molecule has 2 rings (SSSR count). The fourth-order valence-corrected chi connectivity index (χ4v) is 2.96. The average Bonchev–Trinajstić information content (AvgIpc) is 2.72. The summed E-state index contributed by atoms with van der Waals surface area (Å²) in [5.74, 6) is -0.906. The lowest BCUT2D eigenvalue weighted by molar-refractivity contribution is -0.151. The van der Waals surface area contributed by atoms with E-state index in [0.717, 1.165) is 12.8 Å².